The number of nitrogens with one attached hydrogen (secondary N) is 1. The largest absolute Gasteiger partial charge is 0.418 e. The maximum absolute atomic E-state index is 13.5. The number of hydrogen-bond donors (Lipinski definition) is 1. The third-order valence-electron chi connectivity index (χ3n) is 4.17. The molecule has 3 rings (SSSR count). The summed E-state index contributed by atoms with van der Waals surface area (Å²) in [4.78, 5) is 16.5. The number of piperazine rings is 1. The van der Waals surface area contributed by atoms with Gasteiger partial charge in [0.05, 0.1) is 16.1 Å². The van der Waals surface area contributed by atoms with Crippen LogP contribution in [-0.4, -0.2) is 44.0 Å². The lowest BCUT2D eigenvalue weighted by atomic mass is 10.1. The van der Waals surface area contributed by atoms with Crippen LogP contribution in [0, 0.1) is 0 Å². The van der Waals surface area contributed by atoms with E-state index in [0.717, 1.165) is 19.2 Å². The molecular formula is C17H18F3N3OS. The van der Waals surface area contributed by atoms with Crippen molar-refractivity contribution in [2.24, 2.45) is 0 Å². The molecule has 1 amide bonds. The van der Waals surface area contributed by atoms with Gasteiger partial charge in [0.2, 0.25) is 0 Å². The minimum Gasteiger partial charge on any atom is -0.369 e. The van der Waals surface area contributed by atoms with Gasteiger partial charge in [-0.05, 0) is 36.7 Å². The normalized spacial score (nSPS) is 16.1. The monoisotopic (exact) mass is 369 g/mol. The zero-order valence-corrected chi connectivity index (χ0v) is 14.5. The Morgan fingerprint density at radius 1 is 1.16 bits per heavy atom. The first-order valence-corrected chi connectivity index (χ1v) is 8.72. The van der Waals surface area contributed by atoms with Crippen molar-refractivity contribution in [3.05, 3.63) is 46.2 Å². The van der Waals surface area contributed by atoms with E-state index in [0.29, 0.717) is 23.7 Å². The Morgan fingerprint density at radius 2 is 1.88 bits per heavy atom. The summed E-state index contributed by atoms with van der Waals surface area (Å²) in [5, 5.41) is 4.09. The van der Waals surface area contributed by atoms with E-state index < -0.39 is 17.6 Å². The summed E-state index contributed by atoms with van der Waals surface area (Å²) in [5.41, 5.74) is -0.521. The van der Waals surface area contributed by atoms with Crippen molar-refractivity contribution in [2.45, 2.75) is 6.18 Å². The second-order valence-electron chi connectivity index (χ2n) is 5.95. The van der Waals surface area contributed by atoms with Gasteiger partial charge in [-0.3, -0.25) is 4.79 Å². The van der Waals surface area contributed by atoms with Crippen LogP contribution in [0.25, 0.3) is 0 Å². The van der Waals surface area contributed by atoms with Gasteiger partial charge in [0.1, 0.15) is 0 Å². The van der Waals surface area contributed by atoms with Gasteiger partial charge in [0.25, 0.3) is 5.91 Å². The number of rotatable bonds is 3. The van der Waals surface area contributed by atoms with Crippen LogP contribution in [0.4, 0.5) is 24.5 Å². The maximum Gasteiger partial charge on any atom is 0.418 e. The van der Waals surface area contributed by atoms with Crippen LogP contribution in [0.5, 0.6) is 0 Å². The van der Waals surface area contributed by atoms with E-state index in [1.165, 1.54) is 17.4 Å². The van der Waals surface area contributed by atoms with Gasteiger partial charge < -0.3 is 15.1 Å². The molecule has 0 spiro atoms. The first kappa shape index (κ1) is 17.8. The van der Waals surface area contributed by atoms with Crippen LogP contribution in [0.3, 0.4) is 0 Å². The fourth-order valence-corrected chi connectivity index (χ4v) is 3.35. The number of thiophene rings is 1. The van der Waals surface area contributed by atoms with Crippen LogP contribution in [0.15, 0.2) is 35.7 Å². The van der Waals surface area contributed by atoms with E-state index in [9.17, 15) is 18.0 Å². The molecule has 1 saturated heterocycles. The number of carbonyl (C=O) groups is 1. The Labute approximate surface area is 147 Å². The Hall–Kier alpha value is -2.06. The highest BCUT2D eigenvalue weighted by Crippen LogP contribution is 2.37. The molecule has 0 unspecified atom stereocenters. The molecular weight excluding hydrogens is 351 g/mol. The quantitative estimate of drug-likeness (QED) is 0.895. The van der Waals surface area contributed by atoms with Gasteiger partial charge in [-0.2, -0.15) is 13.2 Å². The summed E-state index contributed by atoms with van der Waals surface area (Å²) >= 11 is 1.18. The molecule has 2 aromatic rings. The highest BCUT2D eigenvalue weighted by molar-refractivity contribution is 7.12. The van der Waals surface area contributed by atoms with Gasteiger partial charge in [-0.1, -0.05) is 6.07 Å². The fraction of sp³-hybridized carbons (Fsp3) is 0.353. The van der Waals surface area contributed by atoms with Gasteiger partial charge in [0.15, 0.2) is 0 Å². The molecule has 4 nitrogen and oxygen atoms in total. The average molecular weight is 369 g/mol. The average Bonchev–Trinajstić information content (AvgIpc) is 3.09. The molecule has 1 aromatic heterocycles. The van der Waals surface area contributed by atoms with Crippen molar-refractivity contribution in [1.29, 1.82) is 0 Å². The Kier molecular flexibility index (Phi) is 5.01. The Bertz CT molecular complexity index is 738. The van der Waals surface area contributed by atoms with E-state index in [-0.39, 0.29) is 5.69 Å². The SMILES string of the molecule is CN1CCN(c2ccc(NC(=O)c3cccs3)c(C(F)(F)F)c2)CC1. The number of carbonyl (C=O) groups excluding carboxylic acids is 1. The molecule has 2 heterocycles. The van der Waals surface area contributed by atoms with Gasteiger partial charge in [0, 0.05) is 31.9 Å². The minimum atomic E-state index is -4.54. The van der Waals surface area contributed by atoms with Crippen molar-refractivity contribution in [3.8, 4) is 0 Å². The van der Waals surface area contributed by atoms with Crippen LogP contribution >= 0.6 is 11.3 Å². The first-order chi connectivity index (χ1) is 11.8. The van der Waals surface area contributed by atoms with E-state index >= 15 is 0 Å². The summed E-state index contributed by atoms with van der Waals surface area (Å²) in [7, 11) is 1.99. The fourth-order valence-electron chi connectivity index (χ4n) is 2.73. The van der Waals surface area contributed by atoms with Crippen LogP contribution in [0.1, 0.15) is 15.2 Å². The lowest BCUT2D eigenvalue weighted by Crippen LogP contribution is -2.44. The molecule has 1 aliphatic rings. The molecule has 25 heavy (non-hydrogen) atoms. The Morgan fingerprint density at radius 3 is 2.48 bits per heavy atom. The summed E-state index contributed by atoms with van der Waals surface area (Å²) in [6.45, 7) is 2.96. The second kappa shape index (κ2) is 7.05. The van der Waals surface area contributed by atoms with E-state index in [2.05, 4.69) is 10.2 Å². The first-order valence-electron chi connectivity index (χ1n) is 7.84. The van der Waals surface area contributed by atoms with E-state index in [1.54, 1.807) is 23.6 Å². The number of halogens is 3. The zero-order valence-electron chi connectivity index (χ0n) is 13.6. The number of nitrogens with zero attached hydrogens (tertiary/aromatic N) is 2. The lowest BCUT2D eigenvalue weighted by molar-refractivity contribution is -0.136. The van der Waals surface area contributed by atoms with Crippen molar-refractivity contribution in [1.82, 2.24) is 4.90 Å². The van der Waals surface area contributed by atoms with Crippen LogP contribution < -0.4 is 10.2 Å². The molecule has 0 radical (unpaired) electrons. The molecule has 0 saturated carbocycles. The van der Waals surface area contributed by atoms with Crippen LogP contribution in [0.2, 0.25) is 0 Å². The number of amides is 1. The number of anilines is 2. The van der Waals surface area contributed by atoms with Crippen molar-refractivity contribution >= 4 is 28.6 Å². The number of benzene rings is 1. The molecule has 8 heteroatoms. The van der Waals surface area contributed by atoms with Crippen LogP contribution in [-0.2, 0) is 6.18 Å². The van der Waals surface area contributed by atoms with Gasteiger partial charge >= 0.3 is 6.18 Å². The summed E-state index contributed by atoms with van der Waals surface area (Å²) < 4.78 is 40.4. The van der Waals surface area contributed by atoms with Crippen molar-refractivity contribution in [3.63, 3.8) is 0 Å². The predicted octanol–water partition coefficient (Wildman–Crippen LogP) is 3.77. The molecule has 1 aliphatic heterocycles. The zero-order chi connectivity index (χ0) is 18.0. The lowest BCUT2D eigenvalue weighted by Gasteiger charge is -2.34. The molecule has 0 atom stereocenters. The second-order valence-corrected chi connectivity index (χ2v) is 6.90. The molecule has 1 aromatic carbocycles. The maximum atomic E-state index is 13.5. The summed E-state index contributed by atoms with van der Waals surface area (Å²) in [5.74, 6) is -0.534. The summed E-state index contributed by atoms with van der Waals surface area (Å²) in [6.07, 6.45) is -4.54. The molecule has 0 aliphatic carbocycles. The van der Waals surface area contributed by atoms with Crippen molar-refractivity contribution < 1.29 is 18.0 Å². The van der Waals surface area contributed by atoms with E-state index in [1.807, 2.05) is 11.9 Å². The summed E-state index contributed by atoms with van der Waals surface area (Å²) in [6, 6.07) is 7.34. The van der Waals surface area contributed by atoms with E-state index in [4.69, 9.17) is 0 Å². The molecule has 0 bridgehead atoms. The molecule has 1 N–H and O–H groups in total. The third kappa shape index (κ3) is 4.13. The number of likely N-dealkylation sites (N-methyl/N-ethyl adjacent to an activating group) is 1. The Balaban J connectivity index is 1.87. The van der Waals surface area contributed by atoms with Gasteiger partial charge in [-0.25, -0.2) is 0 Å². The molecule has 1 fully saturated rings. The van der Waals surface area contributed by atoms with Crippen molar-refractivity contribution in [2.75, 3.05) is 43.4 Å². The predicted molar refractivity (Wildman–Crippen MR) is 93.4 cm³/mol. The topological polar surface area (TPSA) is 35.6 Å². The third-order valence-corrected chi connectivity index (χ3v) is 5.04. The minimum absolute atomic E-state index is 0.219. The highest BCUT2D eigenvalue weighted by atomic mass is 32.1. The highest BCUT2D eigenvalue weighted by Gasteiger charge is 2.35. The molecule has 134 valence electrons. The van der Waals surface area contributed by atoms with Gasteiger partial charge in [-0.15, -0.1) is 11.3 Å². The standard InChI is InChI=1S/C17H18F3N3OS/c1-22-6-8-23(9-7-22)12-4-5-14(13(11-12)17(18,19)20)21-16(24)15-3-2-10-25-15/h2-5,10-11H,6-9H2,1H3,(H,21,24). The number of hydrogen-bond acceptors (Lipinski definition) is 4. The smallest absolute Gasteiger partial charge is 0.369 e. The number of alkyl halides is 3.